The fourth-order valence-electron chi connectivity index (χ4n) is 2.00. The Labute approximate surface area is 98.1 Å². The lowest BCUT2D eigenvalue weighted by Gasteiger charge is -2.32. The van der Waals surface area contributed by atoms with Crippen molar-refractivity contribution in [2.45, 2.75) is 45.8 Å². The second kappa shape index (κ2) is 6.89. The van der Waals surface area contributed by atoms with Crippen molar-refractivity contribution in [3.63, 3.8) is 0 Å². The second-order valence-electron chi connectivity index (χ2n) is 4.41. The van der Waals surface area contributed by atoms with Crippen LogP contribution in [0, 0.1) is 5.92 Å². The minimum atomic E-state index is -0.0414. The van der Waals surface area contributed by atoms with Gasteiger partial charge in [-0.2, -0.15) is 0 Å². The van der Waals surface area contributed by atoms with E-state index >= 15 is 0 Å². The third kappa shape index (κ3) is 3.47. The molecule has 1 rings (SSSR count). The minimum absolute atomic E-state index is 0.0414. The fourth-order valence-corrected chi connectivity index (χ4v) is 2.00. The number of hydrogen-bond donors (Lipinski definition) is 2. The zero-order valence-corrected chi connectivity index (χ0v) is 10.5. The molecule has 2 atom stereocenters. The molecular formula is C12H24N2O2. The summed E-state index contributed by atoms with van der Waals surface area (Å²) in [5.41, 5.74) is 2.82. The van der Waals surface area contributed by atoms with Crippen molar-refractivity contribution in [1.29, 1.82) is 0 Å². The number of allylic oxidation sites excluding steroid dienone is 1. The predicted octanol–water partition coefficient (Wildman–Crippen LogP) is 1.57. The lowest BCUT2D eigenvalue weighted by atomic mass is 9.97. The Hall–Kier alpha value is -0.580. The molecule has 1 heterocycles. The number of ether oxygens (including phenoxy) is 2. The van der Waals surface area contributed by atoms with Gasteiger partial charge in [-0.25, -0.2) is 5.43 Å². The zero-order chi connectivity index (χ0) is 12.0. The van der Waals surface area contributed by atoms with E-state index in [1.165, 1.54) is 0 Å². The van der Waals surface area contributed by atoms with Gasteiger partial charge in [0.05, 0.1) is 12.7 Å². The number of hydrogen-bond acceptors (Lipinski definition) is 4. The highest BCUT2D eigenvalue weighted by atomic mass is 16.5. The van der Waals surface area contributed by atoms with Crippen LogP contribution >= 0.6 is 0 Å². The van der Waals surface area contributed by atoms with Crippen molar-refractivity contribution >= 4 is 0 Å². The van der Waals surface area contributed by atoms with Crippen LogP contribution in [0.2, 0.25) is 0 Å². The maximum absolute atomic E-state index is 5.75. The van der Waals surface area contributed by atoms with Gasteiger partial charge in [0.25, 0.3) is 0 Å². The molecule has 0 radical (unpaired) electrons. The number of hydrazine groups is 1. The summed E-state index contributed by atoms with van der Waals surface area (Å²) in [5.74, 6) is 6.95. The molecule has 0 amide bonds. The van der Waals surface area contributed by atoms with E-state index < -0.39 is 0 Å². The highest BCUT2D eigenvalue weighted by molar-refractivity contribution is 5.08. The molecular weight excluding hydrogens is 204 g/mol. The largest absolute Gasteiger partial charge is 0.496 e. The van der Waals surface area contributed by atoms with Crippen molar-refractivity contribution in [2.75, 3.05) is 13.2 Å². The monoisotopic (exact) mass is 228 g/mol. The Morgan fingerprint density at radius 3 is 2.75 bits per heavy atom. The number of nitrogens with two attached hydrogens (primary N) is 1. The van der Waals surface area contributed by atoms with Gasteiger partial charge in [0, 0.05) is 6.61 Å². The highest BCUT2D eigenvalue weighted by Gasteiger charge is 2.29. The lowest BCUT2D eigenvalue weighted by molar-refractivity contribution is -0.00465. The normalized spacial score (nSPS) is 20.2. The van der Waals surface area contributed by atoms with Crippen molar-refractivity contribution in [3.05, 3.63) is 11.8 Å². The molecule has 2 unspecified atom stereocenters. The van der Waals surface area contributed by atoms with Gasteiger partial charge in [0.1, 0.15) is 11.8 Å². The van der Waals surface area contributed by atoms with Crippen LogP contribution in [-0.2, 0) is 9.47 Å². The van der Waals surface area contributed by atoms with Crippen molar-refractivity contribution < 1.29 is 9.47 Å². The fraction of sp³-hybridized carbons (Fsp3) is 0.833. The molecule has 0 aliphatic carbocycles. The van der Waals surface area contributed by atoms with Crippen LogP contribution in [0.25, 0.3) is 0 Å². The van der Waals surface area contributed by atoms with Crippen LogP contribution in [0.3, 0.4) is 0 Å². The molecule has 0 fully saturated rings. The molecule has 0 saturated carbocycles. The number of nitrogens with one attached hydrogen (secondary N) is 1. The van der Waals surface area contributed by atoms with E-state index in [4.69, 9.17) is 15.3 Å². The van der Waals surface area contributed by atoms with Gasteiger partial charge in [-0.15, -0.1) is 0 Å². The van der Waals surface area contributed by atoms with E-state index in [0.29, 0.717) is 12.5 Å². The van der Waals surface area contributed by atoms with Gasteiger partial charge in [0.15, 0.2) is 0 Å². The van der Waals surface area contributed by atoms with E-state index in [9.17, 15) is 0 Å². The molecule has 0 aromatic rings. The Kier molecular flexibility index (Phi) is 5.80. The van der Waals surface area contributed by atoms with Gasteiger partial charge in [-0.05, 0) is 31.8 Å². The zero-order valence-electron chi connectivity index (χ0n) is 10.5. The molecule has 1 aliphatic heterocycles. The maximum Gasteiger partial charge on any atom is 0.113 e. The third-order valence-electron chi connectivity index (χ3n) is 2.79. The van der Waals surface area contributed by atoms with Crippen LogP contribution < -0.4 is 11.3 Å². The maximum atomic E-state index is 5.75. The quantitative estimate of drug-likeness (QED) is 0.535. The molecule has 4 heteroatoms. The summed E-state index contributed by atoms with van der Waals surface area (Å²) < 4.78 is 11.4. The van der Waals surface area contributed by atoms with Crippen LogP contribution in [0.1, 0.15) is 33.6 Å². The SMILES string of the molecule is CCOC(C(C)C)C(NN)C1=CCCCO1. The Morgan fingerprint density at radius 2 is 2.31 bits per heavy atom. The standard InChI is InChI=1S/C12H24N2O2/c1-4-15-12(9(2)3)11(14-13)10-7-5-6-8-16-10/h7,9,11-12,14H,4-6,8,13H2,1-3H3. The molecule has 94 valence electrons. The average molecular weight is 228 g/mol. The molecule has 0 aromatic carbocycles. The van der Waals surface area contributed by atoms with Crippen LogP contribution in [0.5, 0.6) is 0 Å². The van der Waals surface area contributed by atoms with Gasteiger partial charge >= 0.3 is 0 Å². The van der Waals surface area contributed by atoms with Gasteiger partial charge in [0.2, 0.25) is 0 Å². The Morgan fingerprint density at radius 1 is 1.56 bits per heavy atom. The topological polar surface area (TPSA) is 56.5 Å². The number of rotatable bonds is 6. The Bertz CT molecular complexity index is 229. The summed E-state index contributed by atoms with van der Waals surface area (Å²) in [4.78, 5) is 0. The van der Waals surface area contributed by atoms with E-state index in [1.807, 2.05) is 6.92 Å². The lowest BCUT2D eigenvalue weighted by Crippen LogP contribution is -2.49. The summed E-state index contributed by atoms with van der Waals surface area (Å²) in [7, 11) is 0. The molecule has 0 bridgehead atoms. The first-order chi connectivity index (χ1) is 7.70. The smallest absolute Gasteiger partial charge is 0.113 e. The van der Waals surface area contributed by atoms with E-state index in [2.05, 4.69) is 25.3 Å². The highest BCUT2D eigenvalue weighted by Crippen LogP contribution is 2.21. The summed E-state index contributed by atoms with van der Waals surface area (Å²) >= 11 is 0. The van der Waals surface area contributed by atoms with Gasteiger partial charge in [-0.3, -0.25) is 5.84 Å². The molecule has 0 saturated heterocycles. The van der Waals surface area contributed by atoms with E-state index in [1.54, 1.807) is 0 Å². The van der Waals surface area contributed by atoms with Gasteiger partial charge in [-0.1, -0.05) is 13.8 Å². The van der Waals surface area contributed by atoms with Crippen molar-refractivity contribution in [3.8, 4) is 0 Å². The predicted molar refractivity (Wildman–Crippen MR) is 64.6 cm³/mol. The van der Waals surface area contributed by atoms with Crippen LogP contribution in [0.4, 0.5) is 0 Å². The first kappa shape index (κ1) is 13.5. The molecule has 4 nitrogen and oxygen atoms in total. The first-order valence-corrected chi connectivity index (χ1v) is 6.11. The van der Waals surface area contributed by atoms with Crippen molar-refractivity contribution in [2.24, 2.45) is 11.8 Å². The third-order valence-corrected chi connectivity index (χ3v) is 2.79. The molecule has 3 N–H and O–H groups in total. The van der Waals surface area contributed by atoms with Crippen LogP contribution in [-0.4, -0.2) is 25.4 Å². The Balaban J connectivity index is 2.72. The molecule has 1 aliphatic rings. The summed E-state index contributed by atoms with van der Waals surface area (Å²) in [5, 5.41) is 0. The van der Waals surface area contributed by atoms with Crippen molar-refractivity contribution in [1.82, 2.24) is 5.43 Å². The molecule has 0 spiro atoms. The summed E-state index contributed by atoms with van der Waals surface area (Å²) in [6, 6.07) is -0.0414. The van der Waals surface area contributed by atoms with E-state index in [0.717, 1.165) is 25.2 Å². The summed E-state index contributed by atoms with van der Waals surface area (Å²) in [6.07, 6.45) is 4.31. The summed E-state index contributed by atoms with van der Waals surface area (Å²) in [6.45, 7) is 7.73. The first-order valence-electron chi connectivity index (χ1n) is 6.11. The molecule has 16 heavy (non-hydrogen) atoms. The van der Waals surface area contributed by atoms with E-state index in [-0.39, 0.29) is 12.1 Å². The second-order valence-corrected chi connectivity index (χ2v) is 4.41. The molecule has 0 aromatic heterocycles. The minimum Gasteiger partial charge on any atom is -0.496 e. The van der Waals surface area contributed by atoms with Gasteiger partial charge < -0.3 is 9.47 Å². The van der Waals surface area contributed by atoms with Crippen LogP contribution in [0.15, 0.2) is 11.8 Å². The average Bonchev–Trinajstić information content (AvgIpc) is 2.30.